The lowest BCUT2D eigenvalue weighted by Gasteiger charge is -2.14. The Kier molecular flexibility index (Phi) is 4.05. The highest BCUT2D eigenvalue weighted by Crippen LogP contribution is 2.18. The number of nitrogens with zero attached hydrogens (tertiary/aromatic N) is 1. The van der Waals surface area contributed by atoms with Gasteiger partial charge in [0.1, 0.15) is 11.4 Å². The smallest absolute Gasteiger partial charge is 0.340 e. The number of benzene rings is 1. The van der Waals surface area contributed by atoms with Gasteiger partial charge < -0.3 is 5.11 Å². The minimum atomic E-state index is -4.12. The maximum Gasteiger partial charge on any atom is 0.340 e. The molecule has 0 aliphatic heterocycles. The van der Waals surface area contributed by atoms with Crippen LogP contribution in [0.1, 0.15) is 28.9 Å². The van der Waals surface area contributed by atoms with Crippen LogP contribution in [0.5, 0.6) is 0 Å². The first-order chi connectivity index (χ1) is 9.81. The number of aromatic amines is 1. The Bertz CT molecular complexity index is 772. The molecule has 1 aromatic heterocycles. The van der Waals surface area contributed by atoms with Crippen LogP contribution in [0.25, 0.3) is 0 Å². The average molecular weight is 313 g/mol. The van der Waals surface area contributed by atoms with Gasteiger partial charge in [0.2, 0.25) is 0 Å². The summed E-state index contributed by atoms with van der Waals surface area (Å²) >= 11 is 0. The molecule has 7 nitrogen and oxygen atoms in total. The van der Waals surface area contributed by atoms with E-state index in [0.717, 1.165) is 6.20 Å². The molecule has 1 aromatic carbocycles. The Balaban J connectivity index is 2.29. The fourth-order valence-corrected chi connectivity index (χ4v) is 3.09. The molecule has 112 valence electrons. The van der Waals surface area contributed by atoms with E-state index in [-0.39, 0.29) is 0 Å². The van der Waals surface area contributed by atoms with Crippen LogP contribution in [-0.2, 0) is 10.0 Å². The lowest BCUT2D eigenvalue weighted by molar-refractivity contribution is 0.0692. The molecule has 0 saturated heterocycles. The molecule has 0 saturated carbocycles. The minimum Gasteiger partial charge on any atom is -0.478 e. The van der Waals surface area contributed by atoms with Crippen LogP contribution in [0, 0.1) is 5.82 Å². The summed E-state index contributed by atoms with van der Waals surface area (Å²) < 4.78 is 39.7. The molecule has 0 bridgehead atoms. The molecule has 1 heterocycles. The van der Waals surface area contributed by atoms with Crippen molar-refractivity contribution in [1.82, 2.24) is 14.9 Å². The molecule has 0 aliphatic carbocycles. The van der Waals surface area contributed by atoms with E-state index in [1.165, 1.54) is 25.1 Å². The molecular formula is C12H12FN3O4S. The maximum atomic E-state index is 13.1. The quantitative estimate of drug-likeness (QED) is 0.770. The van der Waals surface area contributed by atoms with Crippen LogP contribution in [-0.4, -0.2) is 29.7 Å². The predicted molar refractivity (Wildman–Crippen MR) is 70.7 cm³/mol. The van der Waals surface area contributed by atoms with Crippen molar-refractivity contribution in [2.75, 3.05) is 0 Å². The molecular weight excluding hydrogens is 301 g/mol. The molecule has 0 unspecified atom stereocenters. The van der Waals surface area contributed by atoms with Crippen molar-refractivity contribution in [1.29, 1.82) is 0 Å². The van der Waals surface area contributed by atoms with E-state index < -0.39 is 38.4 Å². The number of hydrogen-bond acceptors (Lipinski definition) is 4. The third-order valence-electron chi connectivity index (χ3n) is 2.78. The number of nitrogens with one attached hydrogen (secondary N) is 2. The van der Waals surface area contributed by atoms with Crippen molar-refractivity contribution >= 4 is 16.0 Å². The predicted octanol–water partition coefficient (Wildman–Crippen LogP) is 1.29. The number of carboxylic acid groups (broad SMARTS) is 1. The Hall–Kier alpha value is -2.26. The van der Waals surface area contributed by atoms with Crippen molar-refractivity contribution in [2.24, 2.45) is 0 Å². The number of hydrogen-bond donors (Lipinski definition) is 3. The topological polar surface area (TPSA) is 112 Å². The number of aromatic carboxylic acids is 1. The number of H-pyrrole nitrogens is 1. The Morgan fingerprint density at radius 3 is 2.81 bits per heavy atom. The number of aromatic nitrogens is 2. The Labute approximate surface area is 119 Å². The van der Waals surface area contributed by atoms with Crippen LogP contribution < -0.4 is 4.72 Å². The average Bonchev–Trinajstić information content (AvgIpc) is 2.88. The summed E-state index contributed by atoms with van der Waals surface area (Å²) in [5.74, 6) is -1.91. The minimum absolute atomic E-state index is 0.412. The summed E-state index contributed by atoms with van der Waals surface area (Å²) in [7, 11) is -4.12. The molecule has 2 aromatic rings. The van der Waals surface area contributed by atoms with Crippen molar-refractivity contribution in [2.45, 2.75) is 18.0 Å². The van der Waals surface area contributed by atoms with E-state index in [1.54, 1.807) is 6.07 Å². The van der Waals surface area contributed by atoms with E-state index in [2.05, 4.69) is 14.9 Å². The zero-order chi connectivity index (χ0) is 15.6. The third-order valence-corrected chi connectivity index (χ3v) is 4.30. The molecule has 0 amide bonds. The van der Waals surface area contributed by atoms with Crippen LogP contribution in [0.15, 0.2) is 35.5 Å². The first-order valence-corrected chi connectivity index (χ1v) is 7.34. The van der Waals surface area contributed by atoms with Gasteiger partial charge in [0.05, 0.1) is 6.20 Å². The second-order valence-electron chi connectivity index (χ2n) is 4.32. The summed E-state index contributed by atoms with van der Waals surface area (Å²) in [6, 6.07) is 4.70. The summed E-state index contributed by atoms with van der Waals surface area (Å²) in [5, 5.41) is 13.9. The van der Waals surface area contributed by atoms with Crippen LogP contribution in [0.3, 0.4) is 0 Å². The molecule has 0 spiro atoms. The van der Waals surface area contributed by atoms with Gasteiger partial charge >= 0.3 is 5.97 Å². The first-order valence-electron chi connectivity index (χ1n) is 5.85. The molecule has 0 radical (unpaired) electrons. The van der Waals surface area contributed by atoms with E-state index in [0.29, 0.717) is 5.56 Å². The number of sulfonamides is 1. The van der Waals surface area contributed by atoms with E-state index in [9.17, 15) is 17.6 Å². The zero-order valence-corrected chi connectivity index (χ0v) is 11.7. The number of carbonyl (C=O) groups is 1. The fraction of sp³-hybridized carbons (Fsp3) is 0.167. The van der Waals surface area contributed by atoms with E-state index in [1.807, 2.05) is 0 Å². The molecule has 0 fully saturated rings. The summed E-state index contributed by atoms with van der Waals surface area (Å²) in [4.78, 5) is 10.9. The largest absolute Gasteiger partial charge is 0.478 e. The SMILES string of the molecule is C[C@H](NS(=O)(=O)c1[nH]ncc1C(=O)O)c1cccc(F)c1. The van der Waals surface area contributed by atoms with Gasteiger partial charge in [0.15, 0.2) is 5.03 Å². The maximum absolute atomic E-state index is 13.1. The highest BCUT2D eigenvalue weighted by atomic mass is 32.2. The summed E-state index contributed by atoms with van der Waals surface area (Å²) in [6.45, 7) is 1.52. The lowest BCUT2D eigenvalue weighted by Crippen LogP contribution is -2.28. The normalized spacial score (nSPS) is 13.0. The van der Waals surface area contributed by atoms with Gasteiger partial charge in [-0.1, -0.05) is 12.1 Å². The first kappa shape index (κ1) is 15.1. The number of carboxylic acids is 1. The third kappa shape index (κ3) is 3.26. The fourth-order valence-electron chi connectivity index (χ4n) is 1.77. The van der Waals surface area contributed by atoms with Crippen LogP contribution in [0.4, 0.5) is 4.39 Å². The Morgan fingerprint density at radius 2 is 2.19 bits per heavy atom. The van der Waals surface area contributed by atoms with Gasteiger partial charge in [-0.15, -0.1) is 0 Å². The van der Waals surface area contributed by atoms with Crippen molar-refractivity contribution in [3.8, 4) is 0 Å². The van der Waals surface area contributed by atoms with Crippen LogP contribution in [0.2, 0.25) is 0 Å². The molecule has 3 N–H and O–H groups in total. The highest BCUT2D eigenvalue weighted by Gasteiger charge is 2.26. The second kappa shape index (κ2) is 5.62. The van der Waals surface area contributed by atoms with Crippen molar-refractivity contribution in [3.63, 3.8) is 0 Å². The van der Waals surface area contributed by atoms with Gasteiger partial charge in [-0.2, -0.15) is 5.10 Å². The van der Waals surface area contributed by atoms with Crippen LogP contribution >= 0.6 is 0 Å². The van der Waals surface area contributed by atoms with Gasteiger partial charge in [-0.3, -0.25) is 5.10 Å². The number of rotatable bonds is 5. The molecule has 9 heteroatoms. The standard InChI is InChI=1S/C12H12FN3O4S/c1-7(8-3-2-4-9(13)5-8)16-21(19,20)11-10(12(17)18)6-14-15-11/h2-7,16H,1H3,(H,14,15)(H,17,18)/t7-/m0/s1. The summed E-state index contributed by atoms with van der Waals surface area (Å²) in [6.07, 6.45) is 0.906. The van der Waals surface area contributed by atoms with Gasteiger partial charge in [0, 0.05) is 6.04 Å². The van der Waals surface area contributed by atoms with Gasteiger partial charge in [-0.25, -0.2) is 22.3 Å². The van der Waals surface area contributed by atoms with Gasteiger partial charge in [-0.05, 0) is 24.6 Å². The zero-order valence-electron chi connectivity index (χ0n) is 10.9. The van der Waals surface area contributed by atoms with E-state index in [4.69, 9.17) is 5.11 Å². The second-order valence-corrected chi connectivity index (χ2v) is 5.97. The lowest BCUT2D eigenvalue weighted by atomic mass is 10.1. The van der Waals surface area contributed by atoms with Crippen molar-refractivity contribution < 1.29 is 22.7 Å². The molecule has 21 heavy (non-hydrogen) atoms. The van der Waals surface area contributed by atoms with E-state index >= 15 is 0 Å². The van der Waals surface area contributed by atoms with Gasteiger partial charge in [0.25, 0.3) is 10.0 Å². The summed E-state index contributed by atoms with van der Waals surface area (Å²) in [5.41, 5.74) is -0.0519. The molecule has 0 aliphatic rings. The monoisotopic (exact) mass is 313 g/mol. The molecule has 1 atom stereocenters. The highest BCUT2D eigenvalue weighted by molar-refractivity contribution is 7.89. The Morgan fingerprint density at radius 1 is 1.48 bits per heavy atom. The molecule has 2 rings (SSSR count). The van der Waals surface area contributed by atoms with Crippen molar-refractivity contribution in [3.05, 3.63) is 47.4 Å². The number of halogens is 1.